The zero-order valence-electron chi connectivity index (χ0n) is 12.5. The minimum Gasteiger partial charge on any atom is -0.376 e. The summed E-state index contributed by atoms with van der Waals surface area (Å²) in [5.41, 5.74) is 2.12. The van der Waals surface area contributed by atoms with Gasteiger partial charge in [0.2, 0.25) is 0 Å². The van der Waals surface area contributed by atoms with Gasteiger partial charge in [0.1, 0.15) is 11.4 Å². The maximum atomic E-state index is 12.1. The van der Waals surface area contributed by atoms with E-state index in [0.29, 0.717) is 23.7 Å². The maximum absolute atomic E-state index is 12.1. The van der Waals surface area contributed by atoms with Crippen molar-refractivity contribution in [3.8, 4) is 11.3 Å². The lowest BCUT2D eigenvalue weighted by Gasteiger charge is -2.11. The quantitative estimate of drug-likeness (QED) is 0.910. The van der Waals surface area contributed by atoms with Crippen LogP contribution in [0, 0.1) is 6.92 Å². The van der Waals surface area contributed by atoms with Gasteiger partial charge >= 0.3 is 6.03 Å². The minimum atomic E-state index is -0.279. The molecule has 2 amide bonds. The summed E-state index contributed by atoms with van der Waals surface area (Å²) < 4.78 is 10.7. The molecule has 22 heavy (non-hydrogen) atoms. The molecule has 0 spiro atoms. The van der Waals surface area contributed by atoms with Gasteiger partial charge in [-0.3, -0.25) is 0 Å². The first-order valence-electron chi connectivity index (χ1n) is 7.42. The van der Waals surface area contributed by atoms with Crippen molar-refractivity contribution < 1.29 is 14.1 Å². The van der Waals surface area contributed by atoms with Gasteiger partial charge < -0.3 is 19.9 Å². The topological polar surface area (TPSA) is 76.4 Å². The van der Waals surface area contributed by atoms with Crippen molar-refractivity contribution in [2.24, 2.45) is 0 Å². The molecule has 6 nitrogen and oxygen atoms in total. The second-order valence-electron chi connectivity index (χ2n) is 5.30. The standard InChI is InChI=1S/C16H19N3O3/c1-11-14(15(19-22-11)12-6-3-2-4-7-12)18-16(20)17-10-13-8-5-9-21-13/h2-4,6-7,13H,5,8-10H2,1H3,(H2,17,18,20)/t13-/m1/s1. The lowest BCUT2D eigenvalue weighted by Crippen LogP contribution is -2.35. The summed E-state index contributed by atoms with van der Waals surface area (Å²) >= 11 is 0. The largest absolute Gasteiger partial charge is 0.376 e. The number of aromatic nitrogens is 1. The Bertz CT molecular complexity index is 633. The Balaban J connectivity index is 1.67. The highest BCUT2D eigenvalue weighted by Crippen LogP contribution is 2.29. The van der Waals surface area contributed by atoms with Crippen LogP contribution in [0.2, 0.25) is 0 Å². The van der Waals surface area contributed by atoms with Gasteiger partial charge in [-0.25, -0.2) is 4.79 Å². The Morgan fingerprint density at radius 2 is 2.18 bits per heavy atom. The zero-order valence-corrected chi connectivity index (χ0v) is 12.5. The Morgan fingerprint density at radius 1 is 1.36 bits per heavy atom. The van der Waals surface area contributed by atoms with Gasteiger partial charge in [-0.05, 0) is 19.8 Å². The molecule has 1 aliphatic heterocycles. The molecule has 2 heterocycles. The van der Waals surface area contributed by atoms with Crippen molar-refractivity contribution in [1.82, 2.24) is 10.5 Å². The number of anilines is 1. The van der Waals surface area contributed by atoms with Gasteiger partial charge in [0.15, 0.2) is 5.76 Å². The van der Waals surface area contributed by atoms with Gasteiger partial charge in [0.05, 0.1) is 6.10 Å². The molecular weight excluding hydrogens is 282 g/mol. The molecule has 1 aliphatic rings. The van der Waals surface area contributed by atoms with Crippen LogP contribution in [0.4, 0.5) is 10.5 Å². The number of nitrogens with one attached hydrogen (secondary N) is 2. The van der Waals surface area contributed by atoms with Crippen molar-refractivity contribution in [2.75, 3.05) is 18.5 Å². The fraction of sp³-hybridized carbons (Fsp3) is 0.375. The highest BCUT2D eigenvalue weighted by molar-refractivity contribution is 5.94. The number of carbonyl (C=O) groups excluding carboxylic acids is 1. The van der Waals surface area contributed by atoms with E-state index in [1.165, 1.54) is 0 Å². The lowest BCUT2D eigenvalue weighted by atomic mass is 10.1. The number of urea groups is 1. The van der Waals surface area contributed by atoms with Crippen LogP contribution in [0.25, 0.3) is 11.3 Å². The molecule has 1 fully saturated rings. The number of rotatable bonds is 4. The van der Waals surface area contributed by atoms with Crippen LogP contribution in [-0.2, 0) is 4.74 Å². The summed E-state index contributed by atoms with van der Waals surface area (Å²) in [5.74, 6) is 0.575. The summed E-state index contributed by atoms with van der Waals surface area (Å²) in [7, 11) is 0. The average molecular weight is 301 g/mol. The number of hydrogen-bond donors (Lipinski definition) is 2. The number of hydrogen-bond acceptors (Lipinski definition) is 4. The summed E-state index contributed by atoms with van der Waals surface area (Å²) in [6.07, 6.45) is 2.15. The van der Waals surface area contributed by atoms with Gasteiger partial charge in [-0.15, -0.1) is 0 Å². The fourth-order valence-electron chi connectivity index (χ4n) is 2.48. The maximum Gasteiger partial charge on any atom is 0.319 e. The van der Waals surface area contributed by atoms with Crippen LogP contribution < -0.4 is 10.6 Å². The summed E-state index contributed by atoms with van der Waals surface area (Å²) in [4.78, 5) is 12.1. The van der Waals surface area contributed by atoms with Crippen molar-refractivity contribution in [1.29, 1.82) is 0 Å². The van der Waals surface area contributed by atoms with E-state index in [0.717, 1.165) is 25.0 Å². The van der Waals surface area contributed by atoms with Crippen LogP contribution >= 0.6 is 0 Å². The van der Waals surface area contributed by atoms with E-state index >= 15 is 0 Å². The van der Waals surface area contributed by atoms with Gasteiger partial charge in [-0.1, -0.05) is 35.5 Å². The fourth-order valence-corrected chi connectivity index (χ4v) is 2.48. The van der Waals surface area contributed by atoms with Crippen LogP contribution in [-0.4, -0.2) is 30.4 Å². The first kappa shape index (κ1) is 14.6. The van der Waals surface area contributed by atoms with Gasteiger partial charge in [0.25, 0.3) is 0 Å². The van der Waals surface area contributed by atoms with Crippen molar-refractivity contribution in [3.63, 3.8) is 0 Å². The van der Waals surface area contributed by atoms with E-state index in [1.54, 1.807) is 6.92 Å². The molecule has 0 aliphatic carbocycles. The molecule has 6 heteroatoms. The van der Waals surface area contributed by atoms with Crippen LogP contribution in [0.5, 0.6) is 0 Å². The highest BCUT2D eigenvalue weighted by atomic mass is 16.5. The van der Waals surface area contributed by atoms with Gasteiger partial charge in [-0.2, -0.15) is 0 Å². The molecular formula is C16H19N3O3. The number of amides is 2. The number of nitrogens with zero attached hydrogens (tertiary/aromatic N) is 1. The predicted octanol–water partition coefficient (Wildman–Crippen LogP) is 2.95. The third-order valence-electron chi connectivity index (χ3n) is 3.66. The molecule has 2 N–H and O–H groups in total. The molecule has 1 aromatic heterocycles. The van der Waals surface area contributed by atoms with Gasteiger partial charge in [0, 0.05) is 18.7 Å². The average Bonchev–Trinajstić information content (AvgIpc) is 3.17. The summed E-state index contributed by atoms with van der Waals surface area (Å²) in [6, 6.07) is 9.33. The molecule has 0 bridgehead atoms. The van der Waals surface area contributed by atoms with Crippen LogP contribution in [0.15, 0.2) is 34.9 Å². The molecule has 3 rings (SSSR count). The molecule has 0 radical (unpaired) electrons. The first-order valence-corrected chi connectivity index (χ1v) is 7.42. The molecule has 1 saturated heterocycles. The second-order valence-corrected chi connectivity index (χ2v) is 5.30. The number of ether oxygens (including phenoxy) is 1. The Hall–Kier alpha value is -2.34. The molecule has 116 valence electrons. The Morgan fingerprint density at radius 3 is 2.91 bits per heavy atom. The number of benzene rings is 1. The second kappa shape index (κ2) is 6.62. The molecule has 1 atom stereocenters. The van der Waals surface area contributed by atoms with Crippen molar-refractivity contribution in [3.05, 3.63) is 36.1 Å². The first-order chi connectivity index (χ1) is 10.7. The SMILES string of the molecule is Cc1onc(-c2ccccc2)c1NC(=O)NC[C@H]1CCCO1. The Labute approximate surface area is 128 Å². The van der Waals surface area contributed by atoms with E-state index in [1.807, 2.05) is 30.3 Å². The normalized spacial score (nSPS) is 17.4. The highest BCUT2D eigenvalue weighted by Gasteiger charge is 2.19. The van der Waals surface area contributed by atoms with E-state index in [2.05, 4.69) is 15.8 Å². The summed E-state index contributed by atoms with van der Waals surface area (Å²) in [6.45, 7) is 3.06. The van der Waals surface area contributed by atoms with Crippen molar-refractivity contribution in [2.45, 2.75) is 25.9 Å². The zero-order chi connectivity index (χ0) is 15.4. The van der Waals surface area contributed by atoms with E-state index in [4.69, 9.17) is 9.26 Å². The summed E-state index contributed by atoms with van der Waals surface area (Å²) in [5, 5.41) is 9.68. The smallest absolute Gasteiger partial charge is 0.319 e. The van der Waals surface area contributed by atoms with E-state index in [-0.39, 0.29) is 12.1 Å². The monoisotopic (exact) mass is 301 g/mol. The predicted molar refractivity (Wildman–Crippen MR) is 82.7 cm³/mol. The molecule has 1 aromatic carbocycles. The third kappa shape index (κ3) is 3.28. The van der Waals surface area contributed by atoms with Crippen molar-refractivity contribution >= 4 is 11.7 Å². The van der Waals surface area contributed by atoms with Crippen LogP contribution in [0.3, 0.4) is 0 Å². The molecule has 0 unspecified atom stereocenters. The number of carbonyl (C=O) groups is 1. The third-order valence-corrected chi connectivity index (χ3v) is 3.66. The Kier molecular flexibility index (Phi) is 4.39. The van der Waals surface area contributed by atoms with Crippen LogP contribution in [0.1, 0.15) is 18.6 Å². The lowest BCUT2D eigenvalue weighted by molar-refractivity contribution is 0.112. The van der Waals surface area contributed by atoms with E-state index < -0.39 is 0 Å². The minimum absolute atomic E-state index is 0.114. The molecule has 2 aromatic rings. The number of aryl methyl sites for hydroxylation is 1. The van der Waals surface area contributed by atoms with E-state index in [9.17, 15) is 4.79 Å². The molecule has 0 saturated carbocycles.